The van der Waals surface area contributed by atoms with Crippen molar-refractivity contribution in [3.63, 3.8) is 0 Å². The molecule has 0 fully saturated rings. The topological polar surface area (TPSA) is 53.1 Å². The highest BCUT2D eigenvalue weighted by molar-refractivity contribution is 5.54. The summed E-state index contributed by atoms with van der Waals surface area (Å²) in [6.07, 6.45) is 3.75. The van der Waals surface area contributed by atoms with Gasteiger partial charge in [0.25, 0.3) is 0 Å². The molecule has 2 N–H and O–H groups in total. The maximum absolute atomic E-state index is 5.85. The zero-order valence-corrected chi connectivity index (χ0v) is 9.47. The lowest BCUT2D eigenvalue weighted by Gasteiger charge is -2.08. The van der Waals surface area contributed by atoms with Crippen molar-refractivity contribution >= 4 is 5.69 Å². The van der Waals surface area contributed by atoms with Gasteiger partial charge in [0.2, 0.25) is 0 Å². The van der Waals surface area contributed by atoms with E-state index in [4.69, 9.17) is 10.5 Å². The van der Waals surface area contributed by atoms with Crippen LogP contribution in [0.4, 0.5) is 5.69 Å². The quantitative estimate of drug-likeness (QED) is 0.798. The third-order valence-electron chi connectivity index (χ3n) is 2.57. The molecule has 0 unspecified atom stereocenters. The van der Waals surface area contributed by atoms with Crippen LogP contribution in [-0.4, -0.2) is 16.7 Å². The van der Waals surface area contributed by atoms with E-state index in [0.717, 1.165) is 17.9 Å². The average Bonchev–Trinajstić information content (AvgIpc) is 2.65. The van der Waals surface area contributed by atoms with Crippen molar-refractivity contribution in [2.24, 2.45) is 0 Å². The van der Waals surface area contributed by atoms with Gasteiger partial charge in [0.1, 0.15) is 11.6 Å². The van der Waals surface area contributed by atoms with E-state index < -0.39 is 0 Å². The Hall–Kier alpha value is -1.97. The molecule has 0 aliphatic carbocycles. The van der Waals surface area contributed by atoms with Crippen LogP contribution < -0.4 is 10.5 Å². The number of nitrogens with zero attached hydrogens (tertiary/aromatic N) is 2. The maximum Gasteiger partial charge on any atom is 0.141 e. The van der Waals surface area contributed by atoms with Crippen LogP contribution in [0.15, 0.2) is 30.6 Å². The lowest BCUT2D eigenvalue weighted by molar-refractivity contribution is 0.417. The molecule has 0 spiro atoms. The van der Waals surface area contributed by atoms with E-state index in [1.807, 2.05) is 31.3 Å². The first-order valence-corrected chi connectivity index (χ1v) is 5.11. The van der Waals surface area contributed by atoms with E-state index in [9.17, 15) is 0 Å². The molecule has 84 valence electrons. The molecule has 0 radical (unpaired) electrons. The van der Waals surface area contributed by atoms with Gasteiger partial charge in [0, 0.05) is 18.9 Å². The van der Waals surface area contributed by atoms with Gasteiger partial charge in [-0.2, -0.15) is 0 Å². The summed E-state index contributed by atoms with van der Waals surface area (Å²) in [5, 5.41) is 0. The molecule has 0 aliphatic heterocycles. The number of aromatic nitrogens is 2. The molecular formula is C12H15N3O. The van der Waals surface area contributed by atoms with E-state index in [1.54, 1.807) is 13.3 Å². The van der Waals surface area contributed by atoms with Gasteiger partial charge in [-0.3, -0.25) is 0 Å². The first kappa shape index (κ1) is 10.5. The molecule has 0 bridgehead atoms. The molecule has 0 aliphatic rings. The lowest BCUT2D eigenvalue weighted by Crippen LogP contribution is -2.02. The predicted octanol–water partition coefficient (Wildman–Crippen LogP) is 1.83. The lowest BCUT2D eigenvalue weighted by atomic mass is 10.2. The Kier molecular flexibility index (Phi) is 2.81. The van der Waals surface area contributed by atoms with E-state index in [2.05, 4.69) is 9.55 Å². The summed E-state index contributed by atoms with van der Waals surface area (Å²) >= 11 is 0. The molecule has 2 aromatic rings. The normalized spacial score (nSPS) is 10.4. The highest BCUT2D eigenvalue weighted by Crippen LogP contribution is 2.22. The van der Waals surface area contributed by atoms with Gasteiger partial charge in [0.05, 0.1) is 12.8 Å². The summed E-state index contributed by atoms with van der Waals surface area (Å²) in [5.74, 6) is 1.71. The van der Waals surface area contributed by atoms with Gasteiger partial charge < -0.3 is 15.0 Å². The molecule has 1 aromatic heterocycles. The van der Waals surface area contributed by atoms with Crippen LogP contribution in [0.3, 0.4) is 0 Å². The fourth-order valence-electron chi connectivity index (χ4n) is 1.65. The van der Waals surface area contributed by atoms with Crippen molar-refractivity contribution in [2.75, 3.05) is 12.8 Å². The minimum atomic E-state index is 0.665. The zero-order valence-electron chi connectivity index (χ0n) is 9.47. The van der Waals surface area contributed by atoms with Crippen LogP contribution >= 0.6 is 0 Å². The first-order chi connectivity index (χ1) is 7.70. The highest BCUT2D eigenvalue weighted by Gasteiger charge is 2.02. The number of rotatable bonds is 3. The number of anilines is 1. The van der Waals surface area contributed by atoms with E-state index in [1.165, 1.54) is 0 Å². The van der Waals surface area contributed by atoms with Crippen molar-refractivity contribution in [2.45, 2.75) is 13.5 Å². The van der Waals surface area contributed by atoms with Gasteiger partial charge in [-0.1, -0.05) is 6.07 Å². The van der Waals surface area contributed by atoms with Crippen molar-refractivity contribution in [1.29, 1.82) is 0 Å². The van der Waals surface area contributed by atoms with Crippen LogP contribution in [0, 0.1) is 6.92 Å². The molecule has 0 saturated heterocycles. The van der Waals surface area contributed by atoms with E-state index in [0.29, 0.717) is 11.4 Å². The third-order valence-corrected chi connectivity index (χ3v) is 2.57. The first-order valence-electron chi connectivity index (χ1n) is 5.11. The van der Waals surface area contributed by atoms with Crippen LogP contribution in [0.2, 0.25) is 0 Å². The molecular weight excluding hydrogens is 202 g/mol. The van der Waals surface area contributed by atoms with Crippen molar-refractivity contribution in [3.05, 3.63) is 42.0 Å². The van der Waals surface area contributed by atoms with Crippen LogP contribution in [0.25, 0.3) is 0 Å². The second-order valence-electron chi connectivity index (χ2n) is 3.68. The van der Waals surface area contributed by atoms with Gasteiger partial charge in [-0.25, -0.2) is 4.98 Å². The Morgan fingerprint density at radius 1 is 1.44 bits per heavy atom. The van der Waals surface area contributed by atoms with Gasteiger partial charge in [-0.15, -0.1) is 0 Å². The van der Waals surface area contributed by atoms with E-state index in [-0.39, 0.29) is 0 Å². The maximum atomic E-state index is 5.85. The molecule has 4 nitrogen and oxygen atoms in total. The van der Waals surface area contributed by atoms with Crippen molar-refractivity contribution < 1.29 is 4.74 Å². The standard InChI is InChI=1S/C12H15N3O/c1-9-14-5-6-15(9)8-10-3-4-12(16-2)11(13)7-10/h3-7H,8,13H2,1-2H3. The molecule has 0 amide bonds. The Morgan fingerprint density at radius 2 is 2.25 bits per heavy atom. The smallest absolute Gasteiger partial charge is 0.141 e. The molecule has 1 heterocycles. The minimum Gasteiger partial charge on any atom is -0.495 e. The summed E-state index contributed by atoms with van der Waals surface area (Å²) < 4.78 is 7.19. The number of imidazole rings is 1. The van der Waals surface area contributed by atoms with Gasteiger partial charge >= 0.3 is 0 Å². The summed E-state index contributed by atoms with van der Waals surface area (Å²) in [5.41, 5.74) is 7.65. The zero-order chi connectivity index (χ0) is 11.5. The molecule has 1 aromatic carbocycles. The molecule has 16 heavy (non-hydrogen) atoms. The van der Waals surface area contributed by atoms with Crippen LogP contribution in [0.5, 0.6) is 5.75 Å². The molecule has 0 atom stereocenters. The summed E-state index contributed by atoms with van der Waals surface area (Å²) in [4.78, 5) is 4.18. The van der Waals surface area contributed by atoms with Crippen LogP contribution in [-0.2, 0) is 6.54 Å². The van der Waals surface area contributed by atoms with Gasteiger partial charge in [-0.05, 0) is 24.6 Å². The van der Waals surface area contributed by atoms with Crippen molar-refractivity contribution in [1.82, 2.24) is 9.55 Å². The van der Waals surface area contributed by atoms with E-state index >= 15 is 0 Å². The fraction of sp³-hybridized carbons (Fsp3) is 0.250. The highest BCUT2D eigenvalue weighted by atomic mass is 16.5. The number of nitrogen functional groups attached to an aromatic ring is 1. The minimum absolute atomic E-state index is 0.665. The summed E-state index contributed by atoms with van der Waals surface area (Å²) in [7, 11) is 1.62. The average molecular weight is 217 g/mol. The largest absolute Gasteiger partial charge is 0.495 e. The van der Waals surface area contributed by atoms with Gasteiger partial charge in [0.15, 0.2) is 0 Å². The SMILES string of the molecule is COc1ccc(Cn2ccnc2C)cc1N. The number of hydrogen-bond donors (Lipinski definition) is 1. The molecule has 2 rings (SSSR count). The number of methoxy groups -OCH3 is 1. The number of hydrogen-bond acceptors (Lipinski definition) is 3. The summed E-state index contributed by atoms with van der Waals surface area (Å²) in [6, 6.07) is 5.82. The van der Waals surface area contributed by atoms with Crippen molar-refractivity contribution in [3.8, 4) is 5.75 Å². The number of nitrogens with two attached hydrogens (primary N) is 1. The second kappa shape index (κ2) is 4.26. The Bertz CT molecular complexity index is 491. The number of ether oxygens (including phenoxy) is 1. The second-order valence-corrected chi connectivity index (χ2v) is 3.68. The molecule has 4 heteroatoms. The molecule has 0 saturated carbocycles. The van der Waals surface area contributed by atoms with Crippen LogP contribution in [0.1, 0.15) is 11.4 Å². The Balaban J connectivity index is 2.23. The number of benzene rings is 1. The predicted molar refractivity (Wildman–Crippen MR) is 63.5 cm³/mol. The Labute approximate surface area is 94.7 Å². The fourth-order valence-corrected chi connectivity index (χ4v) is 1.65. The monoisotopic (exact) mass is 217 g/mol. The Morgan fingerprint density at radius 3 is 2.81 bits per heavy atom. The number of aryl methyl sites for hydroxylation is 1. The summed E-state index contributed by atoms with van der Waals surface area (Å²) in [6.45, 7) is 2.76. The third kappa shape index (κ3) is 2.00.